The maximum Gasteiger partial charge on any atom is 0.283 e. The highest BCUT2D eigenvalue weighted by Crippen LogP contribution is 1.06. The van der Waals surface area contributed by atoms with Crippen molar-refractivity contribution in [2.24, 2.45) is 0 Å². The van der Waals surface area contributed by atoms with Crippen molar-refractivity contribution in [2.75, 3.05) is 0 Å². The van der Waals surface area contributed by atoms with Crippen LogP contribution in [0.4, 0.5) is 0 Å². The molecule has 2 radical (unpaired) electrons. The van der Waals surface area contributed by atoms with E-state index in [1.54, 1.807) is 0 Å². The molecule has 0 heterocycles. The Balaban J connectivity index is -0.0000000400. The average molecular weight is 118 g/mol. The molecule has 0 bridgehead atoms. The van der Waals surface area contributed by atoms with Gasteiger partial charge in [-0.2, -0.15) is 10.5 Å². The van der Waals surface area contributed by atoms with E-state index in [1.165, 1.54) is 0 Å². The van der Waals surface area contributed by atoms with Crippen LogP contribution in [0.1, 0.15) is 0 Å². The third kappa shape index (κ3) is 37.0. The van der Waals surface area contributed by atoms with Crippen molar-refractivity contribution in [1.29, 1.82) is 10.5 Å². The largest absolute Gasteiger partial charge is 0.443 e. The Bertz CT molecular complexity index is 68.7. The molecule has 0 fully saturated rings. The van der Waals surface area contributed by atoms with E-state index in [1.807, 2.05) is 0 Å². The zero-order chi connectivity index (χ0) is 5.41. The van der Waals surface area contributed by atoms with Crippen molar-refractivity contribution in [1.82, 2.24) is 0 Å². The van der Waals surface area contributed by atoms with E-state index in [-0.39, 0.29) is 13.5 Å². The van der Waals surface area contributed by atoms with E-state index in [2.05, 4.69) is 0 Å². The van der Waals surface area contributed by atoms with Gasteiger partial charge in [0.2, 0.25) is 0 Å². The second-order valence-corrected chi connectivity index (χ2v) is 0.200. The number of nitriles is 2. The Hall–Kier alpha value is -1.07. The molecular weight excluding hydrogens is 116 g/mol. The van der Waals surface area contributed by atoms with E-state index in [0.29, 0.717) is 0 Å². The Kier molecular flexibility index (Phi) is 211. The Labute approximate surface area is 47.7 Å². The molecule has 0 rings (SSSR count). The molecule has 0 atom stereocenters. The molecule has 0 aliphatic heterocycles. The van der Waals surface area contributed by atoms with Gasteiger partial charge in [-0.1, -0.05) is 0 Å². The van der Waals surface area contributed by atoms with Crippen LogP contribution in [-0.4, -0.2) is 10.2 Å². The molecule has 0 aromatic rings. The number of rotatable bonds is 0. The number of hydrogen-bond donors (Lipinski definition) is 2. The summed E-state index contributed by atoms with van der Waals surface area (Å²) in [5.74, 6) is 0. The van der Waals surface area contributed by atoms with Gasteiger partial charge >= 0.3 is 0 Å². The Morgan fingerprint density at radius 1 is 1.00 bits per heavy atom. The first-order valence-electron chi connectivity index (χ1n) is 0.894. The third-order valence-corrected chi connectivity index (χ3v) is 0. The molecule has 5 heteroatoms. The number of nitrogens with zero attached hydrogens (tertiary/aromatic N) is 2. The molecule has 0 aliphatic carbocycles. The van der Waals surface area contributed by atoms with Gasteiger partial charge in [0, 0.05) is 13.5 Å². The lowest BCUT2D eigenvalue weighted by atomic mass is 11.6. The highest BCUT2D eigenvalue weighted by molar-refractivity contribution is 7.59. The van der Waals surface area contributed by atoms with Crippen molar-refractivity contribution in [3.8, 4) is 12.5 Å². The molecule has 0 amide bonds. The number of hydrogen-bond acceptors (Lipinski definition) is 4. The van der Waals surface area contributed by atoms with Gasteiger partial charge in [0.25, 0.3) is 12.5 Å². The molecule has 0 aromatic carbocycles. The highest BCUT2D eigenvalue weighted by Gasteiger charge is 1.16. The summed E-state index contributed by atoms with van der Waals surface area (Å²) in [5.41, 5.74) is 0. The van der Waals surface area contributed by atoms with Gasteiger partial charge in [-0.25, -0.2) is 0 Å². The molecule has 7 heavy (non-hydrogen) atoms. The standard InChI is InChI=1S/2CHNO.S/c2*2-1-3;/h2*3H;. The summed E-state index contributed by atoms with van der Waals surface area (Å²) in [6.45, 7) is 0. The summed E-state index contributed by atoms with van der Waals surface area (Å²) in [6, 6.07) is 0. The van der Waals surface area contributed by atoms with Crippen LogP contribution in [0.5, 0.6) is 0 Å². The molecular formula is C2H2N2O2S. The molecule has 0 spiro atoms. The lowest BCUT2D eigenvalue weighted by Gasteiger charge is -1.25. The molecule has 0 aliphatic rings. The monoisotopic (exact) mass is 118 g/mol. The van der Waals surface area contributed by atoms with E-state index < -0.39 is 0 Å². The SMILES string of the molecule is N#CO.N#CO.[S]. The van der Waals surface area contributed by atoms with Crippen LogP contribution in [0.3, 0.4) is 0 Å². The zero-order valence-electron chi connectivity index (χ0n) is 3.20. The van der Waals surface area contributed by atoms with Crippen molar-refractivity contribution in [3.05, 3.63) is 0 Å². The molecule has 0 unspecified atom stereocenters. The topological polar surface area (TPSA) is 88.0 Å². The summed E-state index contributed by atoms with van der Waals surface area (Å²) in [6.07, 6.45) is 1.50. The van der Waals surface area contributed by atoms with Crippen LogP contribution in [0, 0.1) is 23.0 Å². The molecule has 4 nitrogen and oxygen atoms in total. The Morgan fingerprint density at radius 2 is 1.00 bits per heavy atom. The maximum atomic E-state index is 6.88. The molecule has 38 valence electrons. The first kappa shape index (κ1) is 16.8. The van der Waals surface area contributed by atoms with Crippen LogP contribution in [-0.2, 0) is 0 Å². The van der Waals surface area contributed by atoms with Gasteiger partial charge in [-0.3, -0.25) is 0 Å². The fourth-order valence-corrected chi connectivity index (χ4v) is 0. The summed E-state index contributed by atoms with van der Waals surface area (Å²) in [7, 11) is 0. The fraction of sp³-hybridized carbons (Fsp3) is 0. The van der Waals surface area contributed by atoms with Crippen LogP contribution in [0.15, 0.2) is 0 Å². The van der Waals surface area contributed by atoms with Gasteiger partial charge in [0.1, 0.15) is 0 Å². The van der Waals surface area contributed by atoms with Crippen LogP contribution in [0.2, 0.25) is 0 Å². The molecule has 0 saturated carbocycles. The Morgan fingerprint density at radius 3 is 1.00 bits per heavy atom. The molecule has 2 N–H and O–H groups in total. The second-order valence-electron chi connectivity index (χ2n) is 0.200. The second kappa shape index (κ2) is 88.0. The van der Waals surface area contributed by atoms with Gasteiger partial charge < -0.3 is 10.2 Å². The van der Waals surface area contributed by atoms with Gasteiger partial charge in [-0.05, 0) is 0 Å². The maximum absolute atomic E-state index is 6.88. The summed E-state index contributed by atoms with van der Waals surface area (Å²) < 4.78 is 0. The minimum absolute atomic E-state index is 0. The van der Waals surface area contributed by atoms with Gasteiger partial charge in [-0.15, -0.1) is 0 Å². The quantitative estimate of drug-likeness (QED) is 0.448. The normalized spacial score (nSPS) is 2.00. The van der Waals surface area contributed by atoms with E-state index in [4.69, 9.17) is 20.7 Å². The summed E-state index contributed by atoms with van der Waals surface area (Å²) >= 11 is 0. The minimum Gasteiger partial charge on any atom is -0.443 e. The zero-order valence-corrected chi connectivity index (χ0v) is 4.01. The minimum atomic E-state index is 0. The first-order valence-corrected chi connectivity index (χ1v) is 0.894. The summed E-state index contributed by atoms with van der Waals surface area (Å²) in [5, 5.41) is 27.5. The predicted molar refractivity (Wildman–Crippen MR) is 22.7 cm³/mol. The van der Waals surface area contributed by atoms with Crippen LogP contribution >= 0.6 is 13.5 Å². The number of aliphatic hydroxyl groups excluding tert-OH is 2. The fourth-order valence-electron chi connectivity index (χ4n) is 0. The van der Waals surface area contributed by atoms with E-state index in [0.717, 1.165) is 12.5 Å². The third-order valence-electron chi connectivity index (χ3n) is 0. The number of aliphatic hydroxyl groups is 2. The van der Waals surface area contributed by atoms with Gasteiger partial charge in [0.15, 0.2) is 0 Å². The molecule has 0 aromatic heterocycles. The first-order chi connectivity index (χ1) is 2.83. The lowest BCUT2D eigenvalue weighted by Crippen LogP contribution is -1.27. The van der Waals surface area contributed by atoms with Crippen molar-refractivity contribution in [2.45, 2.75) is 0 Å². The van der Waals surface area contributed by atoms with E-state index in [9.17, 15) is 0 Å². The van der Waals surface area contributed by atoms with Crippen molar-refractivity contribution >= 4 is 13.5 Å². The van der Waals surface area contributed by atoms with Crippen molar-refractivity contribution in [3.63, 3.8) is 0 Å². The lowest BCUT2D eigenvalue weighted by molar-refractivity contribution is 0.502. The average Bonchev–Trinajstić information content (AvgIpc) is 1.39. The predicted octanol–water partition coefficient (Wildman–Crippen LogP) is 0.328. The van der Waals surface area contributed by atoms with Gasteiger partial charge in [0.05, 0.1) is 0 Å². The van der Waals surface area contributed by atoms with E-state index >= 15 is 0 Å². The summed E-state index contributed by atoms with van der Waals surface area (Å²) in [4.78, 5) is 0. The van der Waals surface area contributed by atoms with Crippen molar-refractivity contribution < 1.29 is 10.2 Å². The molecule has 0 saturated heterocycles. The highest BCUT2D eigenvalue weighted by atomic mass is 32.1. The smallest absolute Gasteiger partial charge is 0.283 e. The van der Waals surface area contributed by atoms with Crippen LogP contribution in [0.25, 0.3) is 0 Å². The van der Waals surface area contributed by atoms with Crippen LogP contribution < -0.4 is 0 Å².